The van der Waals surface area contributed by atoms with Crippen LogP contribution < -0.4 is 19.5 Å². The molecule has 8 aromatic rings. The molecule has 512 valence electrons. The van der Waals surface area contributed by atoms with Crippen molar-refractivity contribution in [2.75, 3.05) is 0 Å². The van der Waals surface area contributed by atoms with Gasteiger partial charge in [-0.15, -0.1) is 0 Å². The lowest BCUT2D eigenvalue weighted by Gasteiger charge is -2.38. The summed E-state index contributed by atoms with van der Waals surface area (Å²) in [5.41, 5.74) is -9.08. The number of halogens is 21. The first-order chi connectivity index (χ1) is 45.0. The van der Waals surface area contributed by atoms with Crippen LogP contribution in [0.15, 0.2) is 170 Å². The predicted octanol–water partition coefficient (Wildman–Crippen LogP) is 18.0. The van der Waals surface area contributed by atoms with Crippen molar-refractivity contribution in [3.05, 3.63) is 272 Å². The van der Waals surface area contributed by atoms with E-state index in [9.17, 15) is 112 Å². The van der Waals surface area contributed by atoms with Gasteiger partial charge in [0.2, 0.25) is 0 Å². The number of alkyl halides is 14. The average Bonchev–Trinajstić information content (AvgIpc) is 0.759. The topological polar surface area (TPSA) is 141 Å². The fourth-order valence-electron chi connectivity index (χ4n) is 9.11. The van der Waals surface area contributed by atoms with E-state index < -0.39 is 156 Å². The highest BCUT2D eigenvalue weighted by Crippen LogP contribution is 2.42. The molecule has 0 aromatic heterocycles. The highest BCUT2D eigenvalue weighted by Gasteiger charge is 2.47. The summed E-state index contributed by atoms with van der Waals surface area (Å²) in [4.78, 5) is 24.1. The van der Waals surface area contributed by atoms with Crippen LogP contribution in [0.25, 0.3) is 0 Å². The van der Waals surface area contributed by atoms with E-state index in [1.54, 1.807) is 69.3 Å². The standard InChI is InChI=1S/C31H18F10N2O2.C27H24F6N2O2S.C8H3ClF4O/c32-22-12-21(13-23(14-22)45-31(40,41)28(35)36)29(15-17-4-2-1-3-5-17,20-7-9-25(33)19(10-20)16-42)43-27(44)18-6-8-26(34)24(11-18)30(37,38)39;1-25(2,3)38(36)35-26(15-17-7-5-4-6-8-17,19-9-10-23(29)18(11-19)16-34)20-12-21(28)14-22(13-20)37-27(32,33)24(30)31;9-7(14)4-1-2-6(10)5(3-4)8(11,12)13/h1-14,28H,15H2,(H,43,44);4-14,24,35H,15H2,1-3H3;1-3H/t29-;26-,38+;/m11./s1. The maximum absolute atomic E-state index is 15.0. The Bertz CT molecular complexity index is 4260. The SMILES string of the molecule is CC(C)(C)[S@](=O)N[C@@](Cc1ccccc1)(c1cc(F)cc(OC(F)(F)C(F)F)c1)c1ccc(F)c(C#N)c1.N#Cc1cc([C@@](Cc2ccccc2)(NC(=O)c2ccc(F)c(C(F)(F)F)c2)c2cc(F)cc(OC(F)(F)C(F)F)c2)ccc1F.O=C(Cl)c1ccc(F)c(C(F)(F)F)c1. The van der Waals surface area contributed by atoms with E-state index >= 15 is 0 Å². The molecule has 0 unspecified atom stereocenters. The Morgan fingerprint density at radius 1 is 0.485 bits per heavy atom. The number of carbonyl (C=O) groups is 2. The molecule has 31 heteroatoms. The van der Waals surface area contributed by atoms with Gasteiger partial charge in [-0.1, -0.05) is 72.8 Å². The van der Waals surface area contributed by atoms with Crippen molar-refractivity contribution in [3.63, 3.8) is 0 Å². The molecule has 0 aliphatic carbocycles. The summed E-state index contributed by atoms with van der Waals surface area (Å²) in [7, 11) is -1.89. The van der Waals surface area contributed by atoms with Crippen LogP contribution in [-0.4, -0.2) is 45.2 Å². The van der Waals surface area contributed by atoms with Crippen molar-refractivity contribution in [2.24, 2.45) is 0 Å². The Hall–Kier alpha value is -9.52. The minimum absolute atomic E-state index is 0.0830. The summed E-state index contributed by atoms with van der Waals surface area (Å²) in [6.45, 7) is 4.95. The lowest BCUT2D eigenvalue weighted by molar-refractivity contribution is -0.253. The number of amides is 1. The molecule has 97 heavy (non-hydrogen) atoms. The van der Waals surface area contributed by atoms with Crippen LogP contribution in [0.5, 0.6) is 11.5 Å². The van der Waals surface area contributed by atoms with Crippen molar-refractivity contribution in [1.29, 1.82) is 10.5 Å². The van der Waals surface area contributed by atoms with Gasteiger partial charge in [-0.25, -0.2) is 35.3 Å². The van der Waals surface area contributed by atoms with E-state index in [1.165, 1.54) is 36.4 Å². The number of rotatable bonds is 19. The van der Waals surface area contributed by atoms with Crippen molar-refractivity contribution in [2.45, 2.75) is 86.9 Å². The zero-order valence-electron chi connectivity index (χ0n) is 49.5. The molecular weight excluding hydrogens is 1380 g/mol. The van der Waals surface area contributed by atoms with E-state index in [4.69, 9.17) is 11.6 Å². The Morgan fingerprint density at radius 3 is 1.24 bits per heavy atom. The van der Waals surface area contributed by atoms with E-state index in [1.807, 2.05) is 0 Å². The molecule has 8 aromatic carbocycles. The van der Waals surface area contributed by atoms with E-state index in [2.05, 4.69) is 19.5 Å². The van der Waals surface area contributed by atoms with Gasteiger partial charge < -0.3 is 14.8 Å². The van der Waals surface area contributed by atoms with Crippen molar-refractivity contribution in [1.82, 2.24) is 10.0 Å². The molecule has 9 nitrogen and oxygen atoms in total. The van der Waals surface area contributed by atoms with Gasteiger partial charge in [-0.3, -0.25) is 9.59 Å². The lowest BCUT2D eigenvalue weighted by Crippen LogP contribution is -2.50. The van der Waals surface area contributed by atoms with Gasteiger partial charge in [-0.05, 0) is 157 Å². The van der Waals surface area contributed by atoms with Crippen LogP contribution in [0.1, 0.15) is 97.1 Å². The molecule has 0 fully saturated rings. The monoisotopic (exact) mass is 1420 g/mol. The first kappa shape index (κ1) is 76.5. The van der Waals surface area contributed by atoms with Crippen LogP contribution >= 0.6 is 11.6 Å². The quantitative estimate of drug-likeness (QED) is 0.0606. The van der Waals surface area contributed by atoms with Crippen LogP contribution in [0.3, 0.4) is 0 Å². The third-order valence-electron chi connectivity index (χ3n) is 13.7. The highest BCUT2D eigenvalue weighted by atomic mass is 35.5. The molecule has 2 N–H and O–H groups in total. The molecule has 0 radical (unpaired) electrons. The van der Waals surface area contributed by atoms with E-state index in [0.29, 0.717) is 59.7 Å². The van der Waals surface area contributed by atoms with E-state index in [-0.39, 0.29) is 40.3 Å². The van der Waals surface area contributed by atoms with Crippen molar-refractivity contribution >= 4 is 33.7 Å². The smallest absolute Gasteiger partial charge is 0.428 e. The molecule has 0 bridgehead atoms. The predicted molar refractivity (Wildman–Crippen MR) is 312 cm³/mol. The minimum Gasteiger partial charge on any atom is -0.428 e. The van der Waals surface area contributed by atoms with Gasteiger partial charge >= 0.3 is 37.4 Å². The van der Waals surface area contributed by atoms with Gasteiger partial charge in [0.05, 0.1) is 49.1 Å². The number of nitrogens with one attached hydrogen (secondary N) is 2. The second-order valence-corrected chi connectivity index (χ2v) is 23.9. The third kappa shape index (κ3) is 19.4. The molecule has 3 atom stereocenters. The fourth-order valence-corrected chi connectivity index (χ4v) is 10.2. The van der Waals surface area contributed by atoms with Crippen molar-refractivity contribution in [3.8, 4) is 23.6 Å². The van der Waals surface area contributed by atoms with Crippen LogP contribution in [0.2, 0.25) is 0 Å². The van der Waals surface area contributed by atoms with E-state index in [0.717, 1.165) is 42.5 Å². The molecule has 0 heterocycles. The zero-order chi connectivity index (χ0) is 72.4. The number of hydrogen-bond donors (Lipinski definition) is 2. The highest BCUT2D eigenvalue weighted by molar-refractivity contribution is 7.84. The third-order valence-corrected chi connectivity index (χ3v) is 15.6. The van der Waals surface area contributed by atoms with Crippen LogP contribution in [-0.2, 0) is 47.3 Å². The Labute approximate surface area is 545 Å². The average molecular weight is 1420 g/mol. The summed E-state index contributed by atoms with van der Waals surface area (Å²) >= 11 is 4.95. The van der Waals surface area contributed by atoms with Gasteiger partial charge in [0.25, 0.3) is 11.1 Å². The number of benzene rings is 8. The molecule has 0 spiro atoms. The Kier molecular flexibility index (Phi) is 24.2. The maximum Gasteiger partial charge on any atom is 0.461 e. The molecule has 8 rings (SSSR count). The molecule has 0 saturated heterocycles. The van der Waals surface area contributed by atoms with Crippen molar-refractivity contribution < 1.29 is 111 Å². The summed E-state index contributed by atoms with van der Waals surface area (Å²) in [5, 5.41) is 20.3. The minimum atomic E-state index is -5.22. The molecule has 0 saturated carbocycles. The fraction of sp³-hybridized carbons (Fsp3) is 0.212. The largest absolute Gasteiger partial charge is 0.461 e. The number of nitrogens with zero attached hydrogens (tertiary/aromatic N) is 2. The van der Waals surface area contributed by atoms with Gasteiger partial charge in [0.15, 0.2) is 0 Å². The summed E-state index contributed by atoms with van der Waals surface area (Å²) in [5.74, 6) is -10.8. The summed E-state index contributed by atoms with van der Waals surface area (Å²) in [6.07, 6.45) is -29.1. The van der Waals surface area contributed by atoms with Crippen LogP contribution in [0, 0.1) is 57.6 Å². The second kappa shape index (κ2) is 30.7. The molecule has 0 aliphatic rings. The van der Waals surface area contributed by atoms with Gasteiger partial charge in [0, 0.05) is 29.7 Å². The number of nitriles is 2. The van der Waals surface area contributed by atoms with Gasteiger partial charge in [0.1, 0.15) is 58.5 Å². The lowest BCUT2D eigenvalue weighted by atomic mass is 9.77. The first-order valence-electron chi connectivity index (χ1n) is 27.3. The summed E-state index contributed by atoms with van der Waals surface area (Å²) < 4.78 is 292. The normalized spacial score (nSPS) is 13.5. The van der Waals surface area contributed by atoms with Gasteiger partial charge in [-0.2, -0.15) is 72.0 Å². The first-order valence-corrected chi connectivity index (χ1v) is 28.8. The molecule has 1 amide bonds. The summed E-state index contributed by atoms with van der Waals surface area (Å²) in [6, 6.07) is 32.9. The Balaban J connectivity index is 0.000000258. The number of ether oxygens (including phenoxy) is 2. The number of carbonyl (C=O) groups excluding carboxylic acids is 2. The second-order valence-electron chi connectivity index (χ2n) is 21.6. The maximum atomic E-state index is 15.0. The molecule has 0 aliphatic heterocycles. The van der Waals surface area contributed by atoms with Crippen LogP contribution in [0.4, 0.5) is 87.8 Å². The zero-order valence-corrected chi connectivity index (χ0v) is 51.1. The molecular formula is C66H45ClF20N4O5S. The number of hydrogen-bond acceptors (Lipinski definition) is 7. The Morgan fingerprint density at radius 2 is 0.856 bits per heavy atom.